The molecular weight excluding hydrogens is 236 g/mol. The van der Waals surface area contributed by atoms with Gasteiger partial charge in [-0.1, -0.05) is 17.7 Å². The van der Waals surface area contributed by atoms with Crippen LogP contribution in [0.25, 0.3) is 5.69 Å². The van der Waals surface area contributed by atoms with Crippen LogP contribution in [-0.4, -0.2) is 20.8 Å². The lowest BCUT2D eigenvalue weighted by atomic mass is 10.3. The summed E-state index contributed by atoms with van der Waals surface area (Å²) in [6.07, 6.45) is 4.11. The van der Waals surface area contributed by atoms with Crippen molar-refractivity contribution in [2.45, 2.75) is 25.4 Å². The first-order valence-electron chi connectivity index (χ1n) is 5.71. The smallest absolute Gasteiger partial charge is 0.146 e. The quantitative estimate of drug-likeness (QED) is 0.902. The second-order valence-corrected chi connectivity index (χ2v) is 4.66. The first-order chi connectivity index (χ1) is 8.33. The SMILES string of the molecule is Clc1cccc(-n2ncnc2CNC2CC2)c1. The van der Waals surface area contributed by atoms with E-state index in [4.69, 9.17) is 11.6 Å². The Morgan fingerprint density at radius 1 is 1.41 bits per heavy atom. The lowest BCUT2D eigenvalue weighted by molar-refractivity contribution is 0.638. The number of benzene rings is 1. The molecule has 1 saturated carbocycles. The van der Waals surface area contributed by atoms with Crippen LogP contribution in [0.3, 0.4) is 0 Å². The average molecular weight is 249 g/mol. The summed E-state index contributed by atoms with van der Waals surface area (Å²) in [7, 11) is 0. The minimum absolute atomic E-state index is 0.666. The molecule has 1 aliphatic carbocycles. The number of halogens is 1. The highest BCUT2D eigenvalue weighted by Gasteiger charge is 2.21. The molecule has 0 spiro atoms. The number of aromatic nitrogens is 3. The third-order valence-electron chi connectivity index (χ3n) is 2.80. The summed E-state index contributed by atoms with van der Waals surface area (Å²) in [5.74, 6) is 0.916. The number of nitrogens with zero attached hydrogens (tertiary/aromatic N) is 3. The first-order valence-corrected chi connectivity index (χ1v) is 6.09. The Bertz CT molecular complexity index is 519. The molecule has 3 rings (SSSR count). The topological polar surface area (TPSA) is 42.7 Å². The van der Waals surface area contributed by atoms with E-state index in [9.17, 15) is 0 Å². The third kappa shape index (κ3) is 2.48. The average Bonchev–Trinajstić information content (AvgIpc) is 3.04. The molecule has 0 unspecified atom stereocenters. The van der Waals surface area contributed by atoms with E-state index in [-0.39, 0.29) is 0 Å². The van der Waals surface area contributed by atoms with E-state index >= 15 is 0 Å². The van der Waals surface area contributed by atoms with Gasteiger partial charge >= 0.3 is 0 Å². The third-order valence-corrected chi connectivity index (χ3v) is 3.03. The van der Waals surface area contributed by atoms with Crippen molar-refractivity contribution in [2.24, 2.45) is 0 Å². The fourth-order valence-corrected chi connectivity index (χ4v) is 1.92. The summed E-state index contributed by atoms with van der Waals surface area (Å²) in [6, 6.07) is 8.29. The van der Waals surface area contributed by atoms with Crippen molar-refractivity contribution in [1.29, 1.82) is 0 Å². The normalized spacial score (nSPS) is 15.1. The van der Waals surface area contributed by atoms with Gasteiger partial charge in [-0.05, 0) is 31.0 Å². The molecule has 1 heterocycles. The van der Waals surface area contributed by atoms with Gasteiger partial charge in [-0.3, -0.25) is 0 Å². The Hall–Kier alpha value is -1.39. The molecular formula is C12H13ClN4. The van der Waals surface area contributed by atoms with Gasteiger partial charge in [0.05, 0.1) is 12.2 Å². The van der Waals surface area contributed by atoms with Crippen molar-refractivity contribution in [1.82, 2.24) is 20.1 Å². The standard InChI is InChI=1S/C12H13ClN4/c13-9-2-1-3-11(6-9)17-12(15-8-16-17)7-14-10-4-5-10/h1-3,6,8,10,14H,4-5,7H2. The maximum absolute atomic E-state index is 5.97. The first kappa shape index (κ1) is 10.7. The van der Waals surface area contributed by atoms with Crippen LogP contribution < -0.4 is 5.32 Å². The summed E-state index contributed by atoms with van der Waals surface area (Å²) >= 11 is 5.97. The van der Waals surface area contributed by atoms with Crippen molar-refractivity contribution in [3.8, 4) is 5.69 Å². The fraction of sp³-hybridized carbons (Fsp3) is 0.333. The second kappa shape index (κ2) is 4.47. The zero-order valence-corrected chi connectivity index (χ0v) is 10.1. The molecule has 17 heavy (non-hydrogen) atoms. The lowest BCUT2D eigenvalue weighted by Crippen LogP contribution is -2.18. The van der Waals surface area contributed by atoms with E-state index in [0.29, 0.717) is 11.1 Å². The van der Waals surface area contributed by atoms with E-state index in [2.05, 4.69) is 15.4 Å². The van der Waals surface area contributed by atoms with Gasteiger partial charge in [0.2, 0.25) is 0 Å². The molecule has 5 heteroatoms. The van der Waals surface area contributed by atoms with Gasteiger partial charge in [0.25, 0.3) is 0 Å². The molecule has 0 aliphatic heterocycles. The zero-order valence-electron chi connectivity index (χ0n) is 9.31. The lowest BCUT2D eigenvalue weighted by Gasteiger charge is -2.06. The van der Waals surface area contributed by atoms with Gasteiger partial charge in [-0.2, -0.15) is 5.10 Å². The number of nitrogens with one attached hydrogen (secondary N) is 1. The molecule has 1 fully saturated rings. The highest BCUT2D eigenvalue weighted by Crippen LogP contribution is 2.20. The predicted molar refractivity (Wildman–Crippen MR) is 66.2 cm³/mol. The fourth-order valence-electron chi connectivity index (χ4n) is 1.73. The number of hydrogen-bond donors (Lipinski definition) is 1. The molecule has 4 nitrogen and oxygen atoms in total. The summed E-state index contributed by atoms with van der Waals surface area (Å²) < 4.78 is 1.82. The van der Waals surface area contributed by atoms with E-state index in [1.54, 1.807) is 6.33 Å². The van der Waals surface area contributed by atoms with Crippen molar-refractivity contribution >= 4 is 11.6 Å². The summed E-state index contributed by atoms with van der Waals surface area (Å²) in [6.45, 7) is 0.747. The largest absolute Gasteiger partial charge is 0.307 e. The molecule has 0 radical (unpaired) electrons. The highest BCUT2D eigenvalue weighted by molar-refractivity contribution is 6.30. The molecule has 0 atom stereocenters. The molecule has 2 aromatic rings. The van der Waals surface area contributed by atoms with Gasteiger partial charge in [-0.25, -0.2) is 9.67 Å². The number of hydrogen-bond acceptors (Lipinski definition) is 3. The molecule has 0 saturated heterocycles. The van der Waals surface area contributed by atoms with Crippen LogP contribution in [-0.2, 0) is 6.54 Å². The molecule has 88 valence electrons. The van der Waals surface area contributed by atoms with Crippen molar-refractivity contribution in [3.63, 3.8) is 0 Å². The monoisotopic (exact) mass is 248 g/mol. The van der Waals surface area contributed by atoms with Crippen LogP contribution in [0.4, 0.5) is 0 Å². The van der Waals surface area contributed by atoms with Gasteiger partial charge < -0.3 is 5.32 Å². The molecule has 1 aliphatic rings. The second-order valence-electron chi connectivity index (χ2n) is 4.22. The van der Waals surface area contributed by atoms with Crippen LogP contribution in [0.1, 0.15) is 18.7 Å². The Morgan fingerprint density at radius 3 is 3.06 bits per heavy atom. The molecule has 0 amide bonds. The van der Waals surface area contributed by atoms with Gasteiger partial charge in [0, 0.05) is 11.1 Å². The van der Waals surface area contributed by atoms with Crippen LogP contribution in [0.15, 0.2) is 30.6 Å². The van der Waals surface area contributed by atoms with E-state index < -0.39 is 0 Å². The Balaban J connectivity index is 1.83. The summed E-state index contributed by atoms with van der Waals surface area (Å²) in [4.78, 5) is 4.27. The number of rotatable bonds is 4. The minimum Gasteiger partial charge on any atom is -0.307 e. The van der Waals surface area contributed by atoms with Crippen LogP contribution in [0.2, 0.25) is 5.02 Å². The Morgan fingerprint density at radius 2 is 2.29 bits per heavy atom. The Kier molecular flexibility index (Phi) is 2.82. The van der Waals surface area contributed by atoms with Crippen molar-refractivity contribution < 1.29 is 0 Å². The van der Waals surface area contributed by atoms with E-state index in [1.807, 2.05) is 28.9 Å². The Labute approximate surface area is 105 Å². The van der Waals surface area contributed by atoms with Crippen molar-refractivity contribution in [3.05, 3.63) is 41.4 Å². The molecule has 1 N–H and O–H groups in total. The molecule has 1 aromatic carbocycles. The minimum atomic E-state index is 0.666. The maximum atomic E-state index is 5.97. The van der Waals surface area contributed by atoms with Crippen LogP contribution >= 0.6 is 11.6 Å². The predicted octanol–water partition coefficient (Wildman–Crippen LogP) is 2.17. The van der Waals surface area contributed by atoms with E-state index in [1.165, 1.54) is 12.8 Å². The van der Waals surface area contributed by atoms with Crippen LogP contribution in [0.5, 0.6) is 0 Å². The van der Waals surface area contributed by atoms with Crippen LogP contribution in [0, 0.1) is 0 Å². The van der Waals surface area contributed by atoms with Gasteiger partial charge in [0.15, 0.2) is 0 Å². The molecule has 0 bridgehead atoms. The van der Waals surface area contributed by atoms with E-state index in [0.717, 1.165) is 18.1 Å². The van der Waals surface area contributed by atoms with Gasteiger partial charge in [0.1, 0.15) is 12.2 Å². The summed E-state index contributed by atoms with van der Waals surface area (Å²) in [5.41, 5.74) is 0.947. The molecule has 1 aromatic heterocycles. The van der Waals surface area contributed by atoms with Crippen molar-refractivity contribution in [2.75, 3.05) is 0 Å². The zero-order chi connectivity index (χ0) is 11.7. The highest BCUT2D eigenvalue weighted by atomic mass is 35.5. The maximum Gasteiger partial charge on any atom is 0.146 e. The summed E-state index contributed by atoms with van der Waals surface area (Å²) in [5, 5.41) is 8.37. The van der Waals surface area contributed by atoms with Gasteiger partial charge in [-0.15, -0.1) is 0 Å².